The molecule has 0 aliphatic rings. The van der Waals surface area contributed by atoms with Gasteiger partial charge in [0, 0.05) is 20.0 Å². The Bertz CT molecular complexity index is 157. The number of amides is 2. The number of unbranched alkanes of at least 4 members (excludes halogenated alkanes) is 1. The van der Waals surface area contributed by atoms with Crippen molar-refractivity contribution in [3.63, 3.8) is 0 Å². The summed E-state index contributed by atoms with van der Waals surface area (Å²) in [4.78, 5) is 10.6. The molecule has 0 aromatic carbocycles. The topological polar surface area (TPSA) is 91.0 Å². The van der Waals surface area contributed by atoms with E-state index in [1.54, 1.807) is 7.05 Å². The molecule has 0 spiro atoms. The van der Waals surface area contributed by atoms with Crippen molar-refractivity contribution in [2.45, 2.75) is 19.3 Å². The van der Waals surface area contributed by atoms with E-state index in [-0.39, 0.29) is 11.9 Å². The van der Waals surface area contributed by atoms with E-state index in [9.17, 15) is 4.79 Å². The SMILES string of the molecule is CNC(=O)NCCCCC(=N)N. The Morgan fingerprint density at radius 2 is 2.17 bits per heavy atom. The van der Waals surface area contributed by atoms with Crippen LogP contribution in [0.2, 0.25) is 0 Å². The predicted molar refractivity (Wildman–Crippen MR) is 48.2 cm³/mol. The third-order valence-electron chi connectivity index (χ3n) is 1.39. The molecule has 0 bridgehead atoms. The van der Waals surface area contributed by atoms with Gasteiger partial charge in [-0.2, -0.15) is 0 Å². The van der Waals surface area contributed by atoms with Gasteiger partial charge in [0.15, 0.2) is 0 Å². The molecule has 0 fully saturated rings. The first-order valence-electron chi connectivity index (χ1n) is 3.95. The molecule has 0 saturated heterocycles. The summed E-state index contributed by atoms with van der Waals surface area (Å²) in [7, 11) is 1.57. The van der Waals surface area contributed by atoms with Crippen LogP contribution in [-0.2, 0) is 0 Å². The lowest BCUT2D eigenvalue weighted by atomic mass is 10.2. The van der Waals surface area contributed by atoms with Gasteiger partial charge in [-0.1, -0.05) is 0 Å². The molecule has 0 aromatic rings. The van der Waals surface area contributed by atoms with Crippen LogP contribution in [-0.4, -0.2) is 25.5 Å². The fraction of sp³-hybridized carbons (Fsp3) is 0.714. The van der Waals surface area contributed by atoms with Crippen LogP contribution in [0.1, 0.15) is 19.3 Å². The van der Waals surface area contributed by atoms with Crippen LogP contribution in [0.4, 0.5) is 4.79 Å². The Kier molecular flexibility index (Phi) is 5.77. The Morgan fingerprint density at radius 3 is 2.67 bits per heavy atom. The highest BCUT2D eigenvalue weighted by Gasteiger charge is 1.94. The average molecular weight is 172 g/mol. The van der Waals surface area contributed by atoms with Crippen LogP contribution in [0.25, 0.3) is 0 Å². The van der Waals surface area contributed by atoms with Crippen LogP contribution in [0, 0.1) is 5.41 Å². The zero-order chi connectivity index (χ0) is 9.40. The molecule has 0 atom stereocenters. The van der Waals surface area contributed by atoms with Crippen LogP contribution >= 0.6 is 0 Å². The Morgan fingerprint density at radius 1 is 1.50 bits per heavy atom. The van der Waals surface area contributed by atoms with Crippen molar-refractivity contribution < 1.29 is 4.79 Å². The molecular weight excluding hydrogens is 156 g/mol. The van der Waals surface area contributed by atoms with Crippen LogP contribution in [0.3, 0.4) is 0 Å². The standard InChI is InChI=1S/C7H16N4O/c1-10-7(12)11-5-3-2-4-6(8)9/h2-5H2,1H3,(H3,8,9)(H2,10,11,12). The van der Waals surface area contributed by atoms with Gasteiger partial charge in [-0.25, -0.2) is 4.79 Å². The second-order valence-corrected chi connectivity index (χ2v) is 2.49. The zero-order valence-corrected chi connectivity index (χ0v) is 7.31. The number of carbonyl (C=O) groups is 1. The fourth-order valence-corrected chi connectivity index (χ4v) is 0.731. The van der Waals surface area contributed by atoms with E-state index in [2.05, 4.69) is 10.6 Å². The van der Waals surface area contributed by atoms with E-state index in [0.29, 0.717) is 13.0 Å². The first-order chi connectivity index (χ1) is 5.66. The molecule has 12 heavy (non-hydrogen) atoms. The summed E-state index contributed by atoms with van der Waals surface area (Å²) >= 11 is 0. The molecular formula is C7H16N4O. The summed E-state index contributed by atoms with van der Waals surface area (Å²) in [6, 6.07) is -0.169. The maximum atomic E-state index is 10.6. The number of hydrogen-bond donors (Lipinski definition) is 4. The Labute approximate surface area is 72.2 Å². The van der Waals surface area contributed by atoms with Gasteiger partial charge in [-0.15, -0.1) is 0 Å². The molecule has 0 aliphatic heterocycles. The fourth-order valence-electron chi connectivity index (χ4n) is 0.731. The van der Waals surface area contributed by atoms with Gasteiger partial charge in [0.05, 0.1) is 5.84 Å². The van der Waals surface area contributed by atoms with Gasteiger partial charge >= 0.3 is 6.03 Å². The summed E-state index contributed by atoms with van der Waals surface area (Å²) in [6.45, 7) is 0.632. The summed E-state index contributed by atoms with van der Waals surface area (Å²) in [5.74, 6) is 0.204. The molecule has 0 aliphatic carbocycles. The minimum absolute atomic E-state index is 0.169. The molecule has 0 radical (unpaired) electrons. The average Bonchev–Trinajstić information content (AvgIpc) is 2.03. The molecule has 70 valence electrons. The first kappa shape index (κ1) is 10.7. The predicted octanol–water partition coefficient (Wildman–Crippen LogP) is 0.0217. The van der Waals surface area contributed by atoms with Crippen molar-refractivity contribution in [3.8, 4) is 0 Å². The van der Waals surface area contributed by atoms with Crippen molar-refractivity contribution >= 4 is 11.9 Å². The van der Waals surface area contributed by atoms with Crippen LogP contribution < -0.4 is 16.4 Å². The number of carbonyl (C=O) groups excluding carboxylic acids is 1. The quantitative estimate of drug-likeness (QED) is 0.267. The molecule has 0 aromatic heterocycles. The normalized spacial score (nSPS) is 9.08. The van der Waals surface area contributed by atoms with Gasteiger partial charge < -0.3 is 16.4 Å². The zero-order valence-electron chi connectivity index (χ0n) is 7.31. The number of hydrogen-bond acceptors (Lipinski definition) is 2. The largest absolute Gasteiger partial charge is 0.388 e. The Hall–Kier alpha value is -1.26. The summed E-state index contributed by atoms with van der Waals surface area (Å²) in [5, 5.41) is 12.0. The first-order valence-corrected chi connectivity index (χ1v) is 3.95. The second-order valence-electron chi connectivity index (χ2n) is 2.49. The molecule has 0 rings (SSSR count). The van der Waals surface area contributed by atoms with E-state index < -0.39 is 0 Å². The van der Waals surface area contributed by atoms with Gasteiger partial charge in [0.1, 0.15) is 0 Å². The van der Waals surface area contributed by atoms with Crippen LogP contribution in [0.5, 0.6) is 0 Å². The van der Waals surface area contributed by atoms with Gasteiger partial charge in [0.2, 0.25) is 0 Å². The second kappa shape index (κ2) is 6.45. The van der Waals surface area contributed by atoms with E-state index in [1.165, 1.54) is 0 Å². The molecule has 5 N–H and O–H groups in total. The number of nitrogens with one attached hydrogen (secondary N) is 3. The molecule has 5 nitrogen and oxygen atoms in total. The van der Waals surface area contributed by atoms with Crippen molar-refractivity contribution in [2.75, 3.05) is 13.6 Å². The molecule has 0 saturated carbocycles. The third kappa shape index (κ3) is 6.85. The molecule has 5 heteroatoms. The maximum absolute atomic E-state index is 10.6. The number of nitrogens with two attached hydrogens (primary N) is 1. The summed E-state index contributed by atoms with van der Waals surface area (Å²) < 4.78 is 0. The van der Waals surface area contributed by atoms with E-state index in [0.717, 1.165) is 12.8 Å². The minimum atomic E-state index is -0.169. The van der Waals surface area contributed by atoms with E-state index in [1.807, 2.05) is 0 Å². The van der Waals surface area contributed by atoms with Gasteiger partial charge in [-0.05, 0) is 12.8 Å². The van der Waals surface area contributed by atoms with E-state index >= 15 is 0 Å². The van der Waals surface area contributed by atoms with Gasteiger partial charge in [0.25, 0.3) is 0 Å². The number of rotatable bonds is 5. The number of amidine groups is 1. The van der Waals surface area contributed by atoms with Crippen molar-refractivity contribution in [3.05, 3.63) is 0 Å². The molecule has 0 unspecified atom stereocenters. The lowest BCUT2D eigenvalue weighted by Gasteiger charge is -2.02. The summed E-state index contributed by atoms with van der Waals surface area (Å²) in [6.07, 6.45) is 2.31. The summed E-state index contributed by atoms with van der Waals surface area (Å²) in [5.41, 5.74) is 5.14. The van der Waals surface area contributed by atoms with E-state index in [4.69, 9.17) is 11.1 Å². The van der Waals surface area contributed by atoms with Crippen molar-refractivity contribution in [1.29, 1.82) is 5.41 Å². The van der Waals surface area contributed by atoms with Crippen molar-refractivity contribution in [2.24, 2.45) is 5.73 Å². The van der Waals surface area contributed by atoms with Crippen LogP contribution in [0.15, 0.2) is 0 Å². The lowest BCUT2D eigenvalue weighted by Crippen LogP contribution is -2.33. The van der Waals surface area contributed by atoms with Crippen molar-refractivity contribution in [1.82, 2.24) is 10.6 Å². The highest BCUT2D eigenvalue weighted by molar-refractivity contribution is 5.76. The minimum Gasteiger partial charge on any atom is -0.388 e. The van der Waals surface area contributed by atoms with Gasteiger partial charge in [-0.3, -0.25) is 5.41 Å². The monoisotopic (exact) mass is 172 g/mol. The maximum Gasteiger partial charge on any atom is 0.314 e. The lowest BCUT2D eigenvalue weighted by molar-refractivity contribution is 0.242. The highest BCUT2D eigenvalue weighted by Crippen LogP contribution is 1.91. The molecule has 0 heterocycles. The Balaban J connectivity index is 3.11. The highest BCUT2D eigenvalue weighted by atomic mass is 16.2. The molecule has 2 amide bonds. The third-order valence-corrected chi connectivity index (χ3v) is 1.39. The smallest absolute Gasteiger partial charge is 0.314 e. The number of urea groups is 1.